The van der Waals surface area contributed by atoms with Crippen LogP contribution in [0.5, 0.6) is 5.75 Å². The number of hydrogen-bond donors (Lipinski definition) is 1. The molecule has 1 N–H and O–H groups in total. The van der Waals surface area contributed by atoms with Crippen molar-refractivity contribution in [2.75, 3.05) is 12.0 Å². The maximum atomic E-state index is 13.7. The van der Waals surface area contributed by atoms with Crippen molar-refractivity contribution in [1.82, 2.24) is 0 Å². The average molecular weight is 435 g/mol. The third-order valence-electron chi connectivity index (χ3n) is 5.41. The number of aliphatic hydroxyl groups excluding tert-OH is 1. The smallest absolute Gasteiger partial charge is 0.300 e. The van der Waals surface area contributed by atoms with E-state index in [2.05, 4.69) is 0 Å². The number of ether oxygens (including phenoxy) is 1. The highest BCUT2D eigenvalue weighted by Gasteiger charge is 2.47. The number of anilines is 1. The molecule has 0 saturated carbocycles. The highest BCUT2D eigenvalue weighted by Crippen LogP contribution is 2.42. The summed E-state index contributed by atoms with van der Waals surface area (Å²) in [6, 6.07) is 14.7. The first-order valence-electron chi connectivity index (χ1n) is 9.79. The lowest BCUT2D eigenvalue weighted by Gasteiger charge is -2.25. The molecule has 1 aliphatic heterocycles. The second-order valence-electron chi connectivity index (χ2n) is 7.38. The van der Waals surface area contributed by atoms with E-state index < -0.39 is 35.1 Å². The van der Waals surface area contributed by atoms with Gasteiger partial charge in [0.1, 0.15) is 23.1 Å². The molecule has 1 atom stereocenters. The number of hydrogen-bond acceptors (Lipinski definition) is 4. The lowest BCUT2D eigenvalue weighted by Crippen LogP contribution is -2.29. The van der Waals surface area contributed by atoms with Crippen LogP contribution < -0.4 is 9.64 Å². The summed E-state index contributed by atoms with van der Waals surface area (Å²) >= 11 is 0. The summed E-state index contributed by atoms with van der Waals surface area (Å²) < 4.78 is 32.5. The van der Waals surface area contributed by atoms with Gasteiger partial charge in [-0.25, -0.2) is 8.78 Å². The number of amides is 1. The fourth-order valence-corrected chi connectivity index (χ4v) is 3.75. The first kappa shape index (κ1) is 21.2. The number of aryl methyl sites for hydroxylation is 1. The number of aliphatic hydroxyl groups is 1. The van der Waals surface area contributed by atoms with Crippen molar-refractivity contribution in [3.05, 3.63) is 101 Å². The molecule has 5 nitrogen and oxygen atoms in total. The second-order valence-corrected chi connectivity index (χ2v) is 7.38. The van der Waals surface area contributed by atoms with E-state index in [1.165, 1.54) is 61.4 Å². The van der Waals surface area contributed by atoms with Gasteiger partial charge in [-0.1, -0.05) is 12.1 Å². The van der Waals surface area contributed by atoms with Crippen LogP contribution in [0.15, 0.2) is 72.3 Å². The third kappa shape index (κ3) is 3.62. The Labute approximate surface area is 183 Å². The number of benzene rings is 3. The van der Waals surface area contributed by atoms with Gasteiger partial charge in [-0.2, -0.15) is 0 Å². The molecule has 1 amide bonds. The third-order valence-corrected chi connectivity index (χ3v) is 5.41. The van der Waals surface area contributed by atoms with Gasteiger partial charge in [0, 0.05) is 11.3 Å². The Hall–Kier alpha value is -4.00. The number of carbonyl (C=O) groups is 2. The van der Waals surface area contributed by atoms with Gasteiger partial charge in [0.25, 0.3) is 11.7 Å². The Kier molecular flexibility index (Phi) is 5.48. The lowest BCUT2D eigenvalue weighted by molar-refractivity contribution is -0.132. The van der Waals surface area contributed by atoms with Crippen LogP contribution in [0.4, 0.5) is 14.5 Å². The number of methoxy groups -OCH3 is 1. The van der Waals surface area contributed by atoms with E-state index in [9.17, 15) is 23.5 Å². The fraction of sp³-hybridized carbons (Fsp3) is 0.120. The van der Waals surface area contributed by atoms with Crippen molar-refractivity contribution in [3.63, 3.8) is 0 Å². The molecule has 1 fully saturated rings. The first-order valence-corrected chi connectivity index (χ1v) is 9.79. The molecule has 0 radical (unpaired) electrons. The quantitative estimate of drug-likeness (QED) is 0.359. The van der Waals surface area contributed by atoms with Crippen molar-refractivity contribution in [2.24, 2.45) is 0 Å². The standard InChI is InChI=1S/C25H19F2NO4/c1-14-13-16(5-12-20(14)27)23(29)21-22(15-3-6-17(26)7-4-15)28(25(31)24(21)30)18-8-10-19(32-2)11-9-18/h3-13,22,29H,1-2H3/b23-21-. The van der Waals surface area contributed by atoms with Gasteiger partial charge < -0.3 is 9.84 Å². The van der Waals surface area contributed by atoms with Crippen molar-refractivity contribution in [2.45, 2.75) is 13.0 Å². The SMILES string of the molecule is COc1ccc(N2C(=O)C(=O)/C(=C(\O)c3ccc(F)c(C)c3)C2c2ccc(F)cc2)cc1. The molecule has 0 aliphatic carbocycles. The van der Waals surface area contributed by atoms with Gasteiger partial charge in [-0.05, 0) is 72.6 Å². The van der Waals surface area contributed by atoms with Crippen LogP contribution in [-0.4, -0.2) is 23.9 Å². The van der Waals surface area contributed by atoms with Crippen LogP contribution in [0, 0.1) is 18.6 Å². The Balaban J connectivity index is 1.92. The number of ketones is 1. The van der Waals surface area contributed by atoms with Gasteiger partial charge >= 0.3 is 0 Å². The van der Waals surface area contributed by atoms with Crippen LogP contribution in [0.2, 0.25) is 0 Å². The minimum absolute atomic E-state index is 0.163. The summed E-state index contributed by atoms with van der Waals surface area (Å²) in [4.78, 5) is 27.3. The van der Waals surface area contributed by atoms with Gasteiger partial charge in [-0.3, -0.25) is 14.5 Å². The minimum atomic E-state index is -1.01. The zero-order valence-corrected chi connectivity index (χ0v) is 17.3. The summed E-state index contributed by atoms with van der Waals surface area (Å²) in [5.74, 6) is -2.55. The van der Waals surface area contributed by atoms with Crippen LogP contribution in [-0.2, 0) is 9.59 Å². The molecule has 7 heteroatoms. The topological polar surface area (TPSA) is 66.8 Å². The Morgan fingerprint density at radius 1 is 0.969 bits per heavy atom. The van der Waals surface area contributed by atoms with Crippen LogP contribution >= 0.6 is 0 Å². The van der Waals surface area contributed by atoms with E-state index in [4.69, 9.17) is 4.74 Å². The largest absolute Gasteiger partial charge is 0.507 e. The normalized spacial score (nSPS) is 17.6. The Bertz CT molecular complexity index is 1230. The molecule has 1 unspecified atom stereocenters. The van der Waals surface area contributed by atoms with Crippen molar-refractivity contribution < 1.29 is 28.2 Å². The summed E-state index contributed by atoms with van der Waals surface area (Å²) in [6.07, 6.45) is 0. The lowest BCUT2D eigenvalue weighted by atomic mass is 9.94. The monoisotopic (exact) mass is 435 g/mol. The van der Waals surface area contributed by atoms with E-state index in [1.54, 1.807) is 24.3 Å². The molecule has 1 saturated heterocycles. The molecule has 0 spiro atoms. The molecule has 0 aromatic heterocycles. The van der Waals surface area contributed by atoms with Gasteiger partial charge in [0.05, 0.1) is 18.7 Å². The average Bonchev–Trinajstić information content (AvgIpc) is 3.06. The number of nitrogens with zero attached hydrogens (tertiary/aromatic N) is 1. The molecule has 3 aromatic rings. The number of halogens is 2. The summed E-state index contributed by atoms with van der Waals surface area (Å²) in [5, 5.41) is 11.0. The van der Waals surface area contributed by atoms with Crippen LogP contribution in [0.25, 0.3) is 5.76 Å². The molecule has 4 rings (SSSR count). The van der Waals surface area contributed by atoms with Crippen LogP contribution in [0.3, 0.4) is 0 Å². The van der Waals surface area contributed by atoms with Crippen molar-refractivity contribution in [3.8, 4) is 5.75 Å². The highest BCUT2D eigenvalue weighted by molar-refractivity contribution is 6.51. The predicted octanol–water partition coefficient (Wildman–Crippen LogP) is 4.91. The van der Waals surface area contributed by atoms with E-state index in [0.29, 0.717) is 17.0 Å². The summed E-state index contributed by atoms with van der Waals surface area (Å²) in [5.41, 5.74) is 1.14. The maximum Gasteiger partial charge on any atom is 0.300 e. The number of rotatable bonds is 4. The maximum absolute atomic E-state index is 13.7. The Morgan fingerprint density at radius 3 is 2.22 bits per heavy atom. The highest BCUT2D eigenvalue weighted by atomic mass is 19.1. The fourth-order valence-electron chi connectivity index (χ4n) is 3.75. The number of Topliss-reactive ketones (excluding diaryl/α,β-unsaturated/α-hetero) is 1. The molecule has 1 heterocycles. The van der Waals surface area contributed by atoms with E-state index in [-0.39, 0.29) is 16.7 Å². The molecular formula is C25H19F2NO4. The zero-order chi connectivity index (χ0) is 23.0. The van der Waals surface area contributed by atoms with Crippen LogP contribution in [0.1, 0.15) is 22.7 Å². The first-order chi connectivity index (χ1) is 15.3. The molecule has 3 aromatic carbocycles. The number of carbonyl (C=O) groups excluding carboxylic acids is 2. The minimum Gasteiger partial charge on any atom is -0.507 e. The van der Waals surface area contributed by atoms with Gasteiger partial charge in [0.2, 0.25) is 0 Å². The zero-order valence-electron chi connectivity index (χ0n) is 17.3. The van der Waals surface area contributed by atoms with Gasteiger partial charge in [-0.15, -0.1) is 0 Å². The van der Waals surface area contributed by atoms with E-state index in [1.807, 2.05) is 0 Å². The van der Waals surface area contributed by atoms with E-state index in [0.717, 1.165) is 0 Å². The second kappa shape index (κ2) is 8.26. The summed E-state index contributed by atoms with van der Waals surface area (Å²) in [6.45, 7) is 1.53. The molecule has 162 valence electrons. The van der Waals surface area contributed by atoms with Crippen molar-refractivity contribution in [1.29, 1.82) is 0 Å². The summed E-state index contributed by atoms with van der Waals surface area (Å²) in [7, 11) is 1.50. The molecule has 0 bridgehead atoms. The molecular weight excluding hydrogens is 416 g/mol. The molecule has 32 heavy (non-hydrogen) atoms. The van der Waals surface area contributed by atoms with Gasteiger partial charge in [0.15, 0.2) is 0 Å². The van der Waals surface area contributed by atoms with Crippen molar-refractivity contribution >= 4 is 23.1 Å². The molecule has 1 aliphatic rings. The Morgan fingerprint density at radius 2 is 1.62 bits per heavy atom. The van der Waals surface area contributed by atoms with E-state index >= 15 is 0 Å². The predicted molar refractivity (Wildman–Crippen MR) is 115 cm³/mol.